The number of hydrogen-bond donors (Lipinski definition) is 1. The molecule has 1 saturated carbocycles. The number of fused-ring (bicyclic) bond motifs is 1. The average molecular weight is 620 g/mol. The smallest absolute Gasteiger partial charge is 0.340 e. The summed E-state index contributed by atoms with van der Waals surface area (Å²) in [6, 6.07) is 11.2. The van der Waals surface area contributed by atoms with E-state index in [9.17, 15) is 27.2 Å². The SMILES string of the molecule is O=C(NC(C1CC1)C(F)(F)F)c1cn(-c2c(F)cc(F)cc2F)c2nc(N3CCN(Cc4ccccc4)S3)ccc2c1=O. The molecule has 3 heterocycles. The summed E-state index contributed by atoms with van der Waals surface area (Å²) in [6.07, 6.45) is -3.51. The Labute approximate surface area is 245 Å². The van der Waals surface area contributed by atoms with E-state index in [1.807, 2.05) is 35.6 Å². The molecule has 2 aromatic carbocycles. The van der Waals surface area contributed by atoms with Crippen LogP contribution in [0.2, 0.25) is 0 Å². The van der Waals surface area contributed by atoms with Gasteiger partial charge < -0.3 is 5.32 Å². The van der Waals surface area contributed by atoms with Gasteiger partial charge in [0.2, 0.25) is 5.43 Å². The zero-order chi connectivity index (χ0) is 30.5. The number of halogens is 6. The standard InChI is InChI=1S/C29H23F6N5O2S/c30-18-12-21(31)24(22(32)13-18)39-15-20(28(42)37-26(17-6-7-17)29(33,34)35)25(41)19-8-9-23(36-27(19)39)40-11-10-38(43-40)14-16-4-2-1-3-5-16/h1-5,8-9,12-13,15,17,26H,6-7,10-11,14H2,(H,37,42). The lowest BCUT2D eigenvalue weighted by molar-refractivity contribution is -0.158. The Morgan fingerprint density at radius 3 is 2.37 bits per heavy atom. The van der Waals surface area contributed by atoms with Gasteiger partial charge in [-0.3, -0.25) is 18.5 Å². The summed E-state index contributed by atoms with van der Waals surface area (Å²) in [5, 5.41) is 1.61. The number of benzene rings is 2. The molecule has 4 aromatic rings. The van der Waals surface area contributed by atoms with Crippen LogP contribution in [-0.2, 0) is 6.54 Å². The topological polar surface area (TPSA) is 70.5 Å². The second-order valence-corrected chi connectivity index (χ2v) is 11.5. The normalized spacial score (nSPS) is 16.6. The van der Waals surface area contributed by atoms with Crippen LogP contribution in [0, 0.1) is 23.4 Å². The van der Waals surface area contributed by atoms with Crippen molar-refractivity contribution in [3.05, 3.63) is 99.6 Å². The molecule has 1 aliphatic heterocycles. The molecule has 0 spiro atoms. The van der Waals surface area contributed by atoms with Crippen LogP contribution in [0.5, 0.6) is 0 Å². The number of amides is 1. The van der Waals surface area contributed by atoms with Crippen LogP contribution >= 0.6 is 12.1 Å². The summed E-state index contributed by atoms with van der Waals surface area (Å²) >= 11 is 1.36. The van der Waals surface area contributed by atoms with Gasteiger partial charge in [-0.05, 0) is 36.5 Å². The predicted octanol–water partition coefficient (Wildman–Crippen LogP) is 5.76. The molecule has 1 atom stereocenters. The Bertz CT molecular complexity index is 1740. The molecule has 0 bridgehead atoms. The lowest BCUT2D eigenvalue weighted by atomic mass is 10.1. The molecule has 6 rings (SSSR count). The molecular formula is C29H23F6N5O2S. The lowest BCUT2D eigenvalue weighted by Gasteiger charge is -2.22. The minimum absolute atomic E-state index is 0.252. The summed E-state index contributed by atoms with van der Waals surface area (Å²) in [4.78, 5) is 31.0. The first-order valence-corrected chi connectivity index (χ1v) is 14.1. The number of nitrogens with zero attached hydrogens (tertiary/aromatic N) is 4. The number of hydrogen-bond acceptors (Lipinski definition) is 6. The Balaban J connectivity index is 1.41. The monoisotopic (exact) mass is 619 g/mol. The molecule has 1 saturated heterocycles. The Hall–Kier alpha value is -4.04. The third-order valence-corrected chi connectivity index (χ3v) is 8.37. The Morgan fingerprint density at radius 2 is 1.72 bits per heavy atom. The third-order valence-electron chi connectivity index (χ3n) is 7.26. The Kier molecular flexibility index (Phi) is 7.59. The molecule has 2 aromatic heterocycles. The highest BCUT2D eigenvalue weighted by Crippen LogP contribution is 2.40. The van der Waals surface area contributed by atoms with Gasteiger partial charge in [0, 0.05) is 50.1 Å². The summed E-state index contributed by atoms with van der Waals surface area (Å²) in [5.74, 6) is -5.79. The van der Waals surface area contributed by atoms with E-state index in [4.69, 9.17) is 0 Å². The van der Waals surface area contributed by atoms with Gasteiger partial charge in [-0.15, -0.1) is 0 Å². The van der Waals surface area contributed by atoms with E-state index in [1.54, 1.807) is 4.31 Å². The van der Waals surface area contributed by atoms with E-state index in [-0.39, 0.29) is 23.9 Å². The summed E-state index contributed by atoms with van der Waals surface area (Å²) in [6.45, 7) is 1.79. The van der Waals surface area contributed by atoms with E-state index >= 15 is 8.78 Å². The van der Waals surface area contributed by atoms with Gasteiger partial charge in [-0.1, -0.05) is 30.3 Å². The van der Waals surface area contributed by atoms with Gasteiger partial charge in [-0.25, -0.2) is 22.5 Å². The zero-order valence-corrected chi connectivity index (χ0v) is 23.1. The number of pyridine rings is 2. The van der Waals surface area contributed by atoms with Crippen LogP contribution < -0.4 is 15.1 Å². The number of carbonyl (C=O) groups is 1. The van der Waals surface area contributed by atoms with Crippen molar-refractivity contribution in [1.29, 1.82) is 0 Å². The minimum Gasteiger partial charge on any atom is -0.340 e. The maximum atomic E-state index is 15.0. The van der Waals surface area contributed by atoms with Crippen molar-refractivity contribution in [2.75, 3.05) is 17.4 Å². The molecule has 0 radical (unpaired) electrons. The van der Waals surface area contributed by atoms with Crippen molar-refractivity contribution in [3.63, 3.8) is 0 Å². The van der Waals surface area contributed by atoms with Crippen LogP contribution in [0.4, 0.5) is 32.2 Å². The molecule has 2 aliphatic rings. The van der Waals surface area contributed by atoms with Crippen molar-refractivity contribution in [2.45, 2.75) is 31.6 Å². The number of nitrogens with one attached hydrogen (secondary N) is 1. The molecule has 1 amide bonds. The first-order valence-electron chi connectivity index (χ1n) is 13.3. The fourth-order valence-corrected chi connectivity index (χ4v) is 6.02. The minimum atomic E-state index is -4.76. The van der Waals surface area contributed by atoms with Gasteiger partial charge >= 0.3 is 6.18 Å². The van der Waals surface area contributed by atoms with E-state index in [0.29, 0.717) is 37.6 Å². The Morgan fingerprint density at radius 1 is 1.02 bits per heavy atom. The molecule has 7 nitrogen and oxygen atoms in total. The van der Waals surface area contributed by atoms with Crippen molar-refractivity contribution < 1.29 is 31.1 Å². The van der Waals surface area contributed by atoms with Crippen molar-refractivity contribution in [3.8, 4) is 5.69 Å². The first kappa shape index (κ1) is 29.1. The first-order chi connectivity index (χ1) is 20.5. The highest BCUT2D eigenvalue weighted by Gasteiger charge is 2.50. The largest absolute Gasteiger partial charge is 0.408 e. The van der Waals surface area contributed by atoms with Crippen LogP contribution in [0.25, 0.3) is 16.7 Å². The molecule has 2 fully saturated rings. The van der Waals surface area contributed by atoms with Crippen molar-refractivity contribution in [1.82, 2.24) is 19.2 Å². The van der Waals surface area contributed by atoms with Gasteiger partial charge in [0.25, 0.3) is 5.91 Å². The number of carbonyl (C=O) groups excluding carboxylic acids is 1. The van der Waals surface area contributed by atoms with Crippen molar-refractivity contribution >= 4 is 34.9 Å². The fourth-order valence-electron chi connectivity index (χ4n) is 5.02. The second kappa shape index (κ2) is 11.2. The molecular weight excluding hydrogens is 596 g/mol. The maximum Gasteiger partial charge on any atom is 0.408 e. The highest BCUT2D eigenvalue weighted by atomic mass is 32.2. The molecule has 43 heavy (non-hydrogen) atoms. The molecule has 224 valence electrons. The maximum absolute atomic E-state index is 15.0. The fraction of sp³-hybridized carbons (Fsp3) is 0.276. The summed E-state index contributed by atoms with van der Waals surface area (Å²) in [7, 11) is 0. The van der Waals surface area contributed by atoms with Crippen LogP contribution in [0.15, 0.2) is 65.6 Å². The number of anilines is 1. The number of rotatable bonds is 7. The predicted molar refractivity (Wildman–Crippen MR) is 149 cm³/mol. The molecule has 14 heteroatoms. The molecule has 1 aliphatic carbocycles. The third kappa shape index (κ3) is 5.93. The molecule has 1 N–H and O–H groups in total. The number of aromatic nitrogens is 2. The quantitative estimate of drug-likeness (QED) is 0.210. The van der Waals surface area contributed by atoms with E-state index in [1.165, 1.54) is 24.3 Å². The van der Waals surface area contributed by atoms with Gasteiger partial charge in [0.1, 0.15) is 28.9 Å². The van der Waals surface area contributed by atoms with E-state index < -0.39 is 58.2 Å². The second-order valence-electron chi connectivity index (χ2n) is 10.4. The average Bonchev–Trinajstić information content (AvgIpc) is 3.69. The van der Waals surface area contributed by atoms with E-state index in [0.717, 1.165) is 16.3 Å². The molecule has 1 unspecified atom stereocenters. The van der Waals surface area contributed by atoms with Gasteiger partial charge in [0.05, 0.1) is 5.39 Å². The van der Waals surface area contributed by atoms with Gasteiger partial charge in [0.15, 0.2) is 17.3 Å². The number of alkyl halides is 3. The highest BCUT2D eigenvalue weighted by molar-refractivity contribution is 7.98. The summed E-state index contributed by atoms with van der Waals surface area (Å²) in [5.41, 5.74) is -1.77. The van der Waals surface area contributed by atoms with Crippen molar-refractivity contribution in [2.24, 2.45) is 5.92 Å². The zero-order valence-electron chi connectivity index (χ0n) is 22.2. The van der Waals surface area contributed by atoms with Gasteiger partial charge in [-0.2, -0.15) is 13.2 Å². The summed E-state index contributed by atoms with van der Waals surface area (Å²) < 4.78 is 89.3. The van der Waals surface area contributed by atoms with E-state index in [2.05, 4.69) is 9.29 Å². The van der Waals surface area contributed by atoms with Crippen LogP contribution in [0.3, 0.4) is 0 Å². The van der Waals surface area contributed by atoms with Crippen LogP contribution in [0.1, 0.15) is 28.8 Å². The lowest BCUT2D eigenvalue weighted by Crippen LogP contribution is -2.48. The van der Waals surface area contributed by atoms with Crippen LogP contribution in [-0.4, -0.2) is 45.1 Å².